The van der Waals surface area contributed by atoms with E-state index in [1.54, 1.807) is 6.92 Å². The smallest absolute Gasteiger partial charge is 0.130 e. The summed E-state index contributed by atoms with van der Waals surface area (Å²) in [6.07, 6.45) is 1.65. The standard InChI is InChI=1S/C15H20O2/c1-11(16)8-15(2,3)9-12-10-17-14-7-5-4-6-13(12)14/h4-7,12H,8-10H2,1-3H3. The number of fused-ring (bicyclic) bond motifs is 1. The van der Waals surface area contributed by atoms with E-state index in [0.29, 0.717) is 12.3 Å². The topological polar surface area (TPSA) is 26.3 Å². The molecule has 1 aliphatic heterocycles. The Bertz CT molecular complexity index is 421. The molecule has 0 saturated carbocycles. The molecule has 92 valence electrons. The van der Waals surface area contributed by atoms with Crippen LogP contribution in [-0.2, 0) is 4.79 Å². The minimum Gasteiger partial charge on any atom is -0.493 e. The fourth-order valence-corrected chi connectivity index (χ4v) is 2.81. The Morgan fingerprint density at radius 3 is 2.82 bits per heavy atom. The van der Waals surface area contributed by atoms with Gasteiger partial charge in [-0.3, -0.25) is 0 Å². The van der Waals surface area contributed by atoms with Crippen molar-refractivity contribution in [3.8, 4) is 5.75 Å². The molecule has 0 amide bonds. The highest BCUT2D eigenvalue weighted by Crippen LogP contribution is 2.41. The Morgan fingerprint density at radius 2 is 2.12 bits per heavy atom. The van der Waals surface area contributed by atoms with Gasteiger partial charge in [-0.25, -0.2) is 0 Å². The van der Waals surface area contributed by atoms with Crippen LogP contribution in [0.15, 0.2) is 24.3 Å². The minimum atomic E-state index is 0.0529. The van der Waals surface area contributed by atoms with Crippen molar-refractivity contribution in [1.82, 2.24) is 0 Å². The largest absolute Gasteiger partial charge is 0.493 e. The maximum Gasteiger partial charge on any atom is 0.130 e. The van der Waals surface area contributed by atoms with Crippen molar-refractivity contribution < 1.29 is 9.53 Å². The quantitative estimate of drug-likeness (QED) is 0.793. The Hall–Kier alpha value is -1.31. The van der Waals surface area contributed by atoms with Crippen LogP contribution >= 0.6 is 0 Å². The van der Waals surface area contributed by atoms with Crippen molar-refractivity contribution in [3.05, 3.63) is 29.8 Å². The van der Waals surface area contributed by atoms with Crippen LogP contribution in [-0.4, -0.2) is 12.4 Å². The Kier molecular flexibility index (Phi) is 3.23. The van der Waals surface area contributed by atoms with E-state index in [9.17, 15) is 4.79 Å². The molecule has 0 bridgehead atoms. The summed E-state index contributed by atoms with van der Waals surface area (Å²) in [5.41, 5.74) is 1.35. The molecule has 1 atom stereocenters. The van der Waals surface area contributed by atoms with Gasteiger partial charge >= 0.3 is 0 Å². The molecule has 0 aliphatic carbocycles. The van der Waals surface area contributed by atoms with Gasteiger partial charge in [-0.15, -0.1) is 0 Å². The fraction of sp³-hybridized carbons (Fsp3) is 0.533. The maximum absolute atomic E-state index is 11.2. The molecule has 1 aromatic carbocycles. The SMILES string of the molecule is CC(=O)CC(C)(C)CC1COc2ccccc21. The van der Waals surface area contributed by atoms with E-state index in [1.807, 2.05) is 12.1 Å². The summed E-state index contributed by atoms with van der Waals surface area (Å²) in [5.74, 6) is 1.71. The van der Waals surface area contributed by atoms with Crippen LogP contribution in [0.25, 0.3) is 0 Å². The van der Waals surface area contributed by atoms with E-state index >= 15 is 0 Å². The van der Waals surface area contributed by atoms with Gasteiger partial charge in [-0.1, -0.05) is 32.0 Å². The zero-order chi connectivity index (χ0) is 12.5. The average molecular weight is 232 g/mol. The van der Waals surface area contributed by atoms with Crippen LogP contribution in [0.5, 0.6) is 5.75 Å². The lowest BCUT2D eigenvalue weighted by Crippen LogP contribution is -2.19. The Balaban J connectivity index is 2.09. The normalized spacial score (nSPS) is 18.6. The number of ketones is 1. The van der Waals surface area contributed by atoms with Crippen molar-refractivity contribution in [3.63, 3.8) is 0 Å². The van der Waals surface area contributed by atoms with Gasteiger partial charge in [0.15, 0.2) is 0 Å². The second-order valence-electron chi connectivity index (χ2n) is 5.79. The van der Waals surface area contributed by atoms with E-state index in [2.05, 4.69) is 26.0 Å². The average Bonchev–Trinajstić information content (AvgIpc) is 2.59. The van der Waals surface area contributed by atoms with Crippen LogP contribution < -0.4 is 4.74 Å². The van der Waals surface area contributed by atoms with E-state index in [1.165, 1.54) is 5.56 Å². The van der Waals surface area contributed by atoms with Gasteiger partial charge in [0.25, 0.3) is 0 Å². The van der Waals surface area contributed by atoms with Crippen LogP contribution in [0.3, 0.4) is 0 Å². The molecule has 2 heteroatoms. The summed E-state index contributed by atoms with van der Waals surface area (Å²) in [4.78, 5) is 11.2. The Labute approximate surface area is 103 Å². The lowest BCUT2D eigenvalue weighted by Gasteiger charge is -2.26. The maximum atomic E-state index is 11.2. The molecule has 0 radical (unpaired) electrons. The van der Waals surface area contributed by atoms with Crippen LogP contribution in [0.1, 0.15) is 45.1 Å². The van der Waals surface area contributed by atoms with E-state index in [0.717, 1.165) is 18.8 Å². The van der Waals surface area contributed by atoms with Gasteiger partial charge in [-0.05, 0) is 24.8 Å². The first kappa shape index (κ1) is 12.2. The highest BCUT2D eigenvalue weighted by atomic mass is 16.5. The number of para-hydroxylation sites is 1. The summed E-state index contributed by atoms with van der Waals surface area (Å²) >= 11 is 0. The highest BCUT2D eigenvalue weighted by Gasteiger charge is 2.30. The van der Waals surface area contributed by atoms with Gasteiger partial charge in [0, 0.05) is 17.9 Å². The third-order valence-corrected chi connectivity index (χ3v) is 3.33. The molecule has 1 heterocycles. The molecule has 0 spiro atoms. The number of hydrogen-bond donors (Lipinski definition) is 0. The summed E-state index contributed by atoms with van der Waals surface area (Å²) in [7, 11) is 0. The van der Waals surface area contributed by atoms with Crippen molar-refractivity contribution in [2.24, 2.45) is 5.41 Å². The first-order valence-electron chi connectivity index (χ1n) is 6.19. The lowest BCUT2D eigenvalue weighted by atomic mass is 9.77. The zero-order valence-corrected chi connectivity index (χ0v) is 10.8. The third kappa shape index (κ3) is 2.87. The number of ether oxygens (including phenoxy) is 1. The van der Waals surface area contributed by atoms with Gasteiger partial charge in [0.05, 0.1) is 6.61 Å². The number of benzene rings is 1. The van der Waals surface area contributed by atoms with Gasteiger partial charge in [0.2, 0.25) is 0 Å². The van der Waals surface area contributed by atoms with E-state index in [4.69, 9.17) is 4.74 Å². The number of hydrogen-bond acceptors (Lipinski definition) is 2. The summed E-state index contributed by atoms with van der Waals surface area (Å²) < 4.78 is 5.68. The van der Waals surface area contributed by atoms with Gasteiger partial charge in [0.1, 0.15) is 11.5 Å². The van der Waals surface area contributed by atoms with Crippen LogP contribution in [0, 0.1) is 5.41 Å². The van der Waals surface area contributed by atoms with Crippen molar-refractivity contribution in [1.29, 1.82) is 0 Å². The predicted octanol–water partition coefficient (Wildman–Crippen LogP) is 3.56. The zero-order valence-electron chi connectivity index (χ0n) is 10.8. The Morgan fingerprint density at radius 1 is 1.41 bits per heavy atom. The molecule has 1 unspecified atom stereocenters. The molecule has 0 fully saturated rings. The first-order valence-corrected chi connectivity index (χ1v) is 6.19. The molecular weight excluding hydrogens is 212 g/mol. The molecule has 0 aromatic heterocycles. The molecule has 2 nitrogen and oxygen atoms in total. The summed E-state index contributed by atoms with van der Waals surface area (Å²) in [5, 5.41) is 0. The molecule has 1 aromatic rings. The monoisotopic (exact) mass is 232 g/mol. The summed E-state index contributed by atoms with van der Waals surface area (Å²) in [6.45, 7) is 6.74. The molecular formula is C15H20O2. The second-order valence-corrected chi connectivity index (χ2v) is 5.79. The molecule has 2 rings (SSSR count). The van der Waals surface area contributed by atoms with Crippen LogP contribution in [0.2, 0.25) is 0 Å². The molecule has 1 aliphatic rings. The third-order valence-electron chi connectivity index (χ3n) is 3.33. The van der Waals surface area contributed by atoms with Crippen molar-refractivity contribution >= 4 is 5.78 Å². The van der Waals surface area contributed by atoms with Crippen molar-refractivity contribution in [2.75, 3.05) is 6.61 Å². The van der Waals surface area contributed by atoms with E-state index < -0.39 is 0 Å². The van der Waals surface area contributed by atoms with Crippen LogP contribution in [0.4, 0.5) is 0 Å². The summed E-state index contributed by atoms with van der Waals surface area (Å²) in [6, 6.07) is 8.21. The number of carbonyl (C=O) groups excluding carboxylic acids is 1. The molecule has 17 heavy (non-hydrogen) atoms. The second kappa shape index (κ2) is 4.52. The van der Waals surface area contributed by atoms with Gasteiger partial charge < -0.3 is 9.53 Å². The highest BCUT2D eigenvalue weighted by molar-refractivity contribution is 5.76. The number of carbonyl (C=O) groups is 1. The lowest BCUT2D eigenvalue weighted by molar-refractivity contribution is -0.119. The van der Waals surface area contributed by atoms with E-state index in [-0.39, 0.29) is 11.2 Å². The fourth-order valence-electron chi connectivity index (χ4n) is 2.81. The minimum absolute atomic E-state index is 0.0529. The predicted molar refractivity (Wildman–Crippen MR) is 68.4 cm³/mol. The van der Waals surface area contributed by atoms with Gasteiger partial charge in [-0.2, -0.15) is 0 Å². The molecule has 0 saturated heterocycles. The number of rotatable bonds is 4. The molecule has 0 N–H and O–H groups in total. The number of Topliss-reactive ketones (excluding diaryl/α,β-unsaturated/α-hetero) is 1. The van der Waals surface area contributed by atoms with Crippen molar-refractivity contribution in [2.45, 2.75) is 39.5 Å². The first-order chi connectivity index (χ1) is 7.98.